The molecule has 2 aromatic heterocycles. The highest BCUT2D eigenvalue weighted by Gasteiger charge is 2.18. The monoisotopic (exact) mass is 246 g/mol. The first-order valence-electron chi connectivity index (χ1n) is 5.50. The summed E-state index contributed by atoms with van der Waals surface area (Å²) < 4.78 is 6.75. The van der Waals surface area contributed by atoms with Crippen LogP contribution in [-0.4, -0.2) is 31.3 Å². The minimum Gasteiger partial charge on any atom is -0.456 e. The number of esters is 1. The van der Waals surface area contributed by atoms with Gasteiger partial charge < -0.3 is 4.74 Å². The maximum Gasteiger partial charge on any atom is 0.340 e. The van der Waals surface area contributed by atoms with Gasteiger partial charge in [-0.1, -0.05) is 0 Å². The lowest BCUT2D eigenvalue weighted by atomic mass is 10.2. The number of carbonyl (C=O) groups excluding carboxylic acids is 1. The standard InChI is InChI=1S/C12H14N4O2/c1-12(2,3)18-11(17)9-4-5-10(14-6-9)16-8-13-7-15-16/h4-8H,1-3H3. The first-order chi connectivity index (χ1) is 8.46. The first kappa shape index (κ1) is 12.2. The molecule has 0 aliphatic carbocycles. The average Bonchev–Trinajstić information content (AvgIpc) is 2.80. The first-order valence-corrected chi connectivity index (χ1v) is 5.50. The Kier molecular flexibility index (Phi) is 3.10. The fourth-order valence-electron chi connectivity index (χ4n) is 1.31. The summed E-state index contributed by atoms with van der Waals surface area (Å²) in [6, 6.07) is 3.34. The van der Waals surface area contributed by atoms with E-state index in [0.29, 0.717) is 11.4 Å². The van der Waals surface area contributed by atoms with Crippen LogP contribution >= 0.6 is 0 Å². The Labute approximate surface area is 105 Å². The van der Waals surface area contributed by atoms with Crippen LogP contribution in [0.5, 0.6) is 0 Å². The third kappa shape index (κ3) is 2.91. The van der Waals surface area contributed by atoms with Crippen LogP contribution in [0.25, 0.3) is 5.82 Å². The molecule has 6 heteroatoms. The molecule has 18 heavy (non-hydrogen) atoms. The molecule has 0 saturated heterocycles. The zero-order valence-corrected chi connectivity index (χ0v) is 10.5. The van der Waals surface area contributed by atoms with Gasteiger partial charge in [-0.15, -0.1) is 0 Å². The summed E-state index contributed by atoms with van der Waals surface area (Å²) in [5, 5.41) is 3.95. The van der Waals surface area contributed by atoms with Crippen molar-refractivity contribution in [3.8, 4) is 5.82 Å². The molecular formula is C12H14N4O2. The van der Waals surface area contributed by atoms with Crippen LogP contribution in [0.2, 0.25) is 0 Å². The van der Waals surface area contributed by atoms with Gasteiger partial charge in [-0.05, 0) is 32.9 Å². The van der Waals surface area contributed by atoms with Crippen LogP contribution < -0.4 is 0 Å². The average molecular weight is 246 g/mol. The van der Waals surface area contributed by atoms with Gasteiger partial charge in [0.05, 0.1) is 5.56 Å². The third-order valence-corrected chi connectivity index (χ3v) is 2.04. The third-order valence-electron chi connectivity index (χ3n) is 2.04. The number of rotatable bonds is 2. The fraction of sp³-hybridized carbons (Fsp3) is 0.333. The molecule has 0 fully saturated rings. The number of pyridine rings is 1. The molecular weight excluding hydrogens is 232 g/mol. The maximum atomic E-state index is 11.8. The zero-order chi connectivity index (χ0) is 13.2. The minimum absolute atomic E-state index is 0.389. The lowest BCUT2D eigenvalue weighted by Gasteiger charge is -2.19. The lowest BCUT2D eigenvalue weighted by Crippen LogP contribution is -2.24. The van der Waals surface area contributed by atoms with Crippen molar-refractivity contribution in [1.29, 1.82) is 0 Å². The summed E-state index contributed by atoms with van der Waals surface area (Å²) in [5.41, 5.74) is -0.101. The van der Waals surface area contributed by atoms with Crippen molar-refractivity contribution in [2.24, 2.45) is 0 Å². The quantitative estimate of drug-likeness (QED) is 0.753. The van der Waals surface area contributed by atoms with E-state index >= 15 is 0 Å². The smallest absolute Gasteiger partial charge is 0.340 e. The number of aromatic nitrogens is 4. The van der Waals surface area contributed by atoms with Crippen LogP contribution in [-0.2, 0) is 4.74 Å². The molecule has 0 bridgehead atoms. The van der Waals surface area contributed by atoms with Gasteiger partial charge in [0.15, 0.2) is 5.82 Å². The second-order valence-corrected chi connectivity index (χ2v) is 4.75. The molecule has 94 valence electrons. The lowest BCUT2D eigenvalue weighted by molar-refractivity contribution is 0.00691. The Bertz CT molecular complexity index is 526. The Morgan fingerprint density at radius 2 is 2.11 bits per heavy atom. The van der Waals surface area contributed by atoms with E-state index in [1.165, 1.54) is 23.5 Å². The predicted molar refractivity (Wildman–Crippen MR) is 64.3 cm³/mol. The molecule has 0 atom stereocenters. The van der Waals surface area contributed by atoms with Gasteiger partial charge in [-0.2, -0.15) is 5.10 Å². The van der Waals surface area contributed by atoms with E-state index in [1.54, 1.807) is 12.1 Å². The van der Waals surface area contributed by atoms with Crippen LogP contribution in [0.3, 0.4) is 0 Å². The summed E-state index contributed by atoms with van der Waals surface area (Å²) >= 11 is 0. The Hall–Kier alpha value is -2.24. The van der Waals surface area contributed by atoms with Gasteiger partial charge >= 0.3 is 5.97 Å². The van der Waals surface area contributed by atoms with Crippen molar-refractivity contribution >= 4 is 5.97 Å². The SMILES string of the molecule is CC(C)(C)OC(=O)c1ccc(-n2cncn2)nc1. The molecule has 0 aromatic carbocycles. The van der Waals surface area contributed by atoms with Gasteiger partial charge in [0, 0.05) is 6.20 Å². The van der Waals surface area contributed by atoms with Crippen molar-refractivity contribution in [1.82, 2.24) is 19.7 Å². The van der Waals surface area contributed by atoms with Gasteiger partial charge in [0.2, 0.25) is 0 Å². The highest BCUT2D eigenvalue weighted by atomic mass is 16.6. The molecule has 0 amide bonds. The Balaban J connectivity index is 2.15. The molecule has 0 spiro atoms. The van der Waals surface area contributed by atoms with Gasteiger partial charge in [0.1, 0.15) is 18.3 Å². The summed E-state index contributed by atoms with van der Waals surface area (Å²) in [6.07, 6.45) is 4.42. The van der Waals surface area contributed by atoms with Crippen molar-refractivity contribution in [2.45, 2.75) is 26.4 Å². The number of hydrogen-bond donors (Lipinski definition) is 0. The highest BCUT2D eigenvalue weighted by Crippen LogP contribution is 2.12. The van der Waals surface area contributed by atoms with Crippen LogP contribution in [0.1, 0.15) is 31.1 Å². The van der Waals surface area contributed by atoms with E-state index in [1.807, 2.05) is 20.8 Å². The van der Waals surface area contributed by atoms with Gasteiger partial charge in [0.25, 0.3) is 0 Å². The normalized spacial score (nSPS) is 11.3. The molecule has 0 saturated carbocycles. The van der Waals surface area contributed by atoms with E-state index in [0.717, 1.165) is 0 Å². The van der Waals surface area contributed by atoms with Crippen molar-refractivity contribution in [3.05, 3.63) is 36.5 Å². The second kappa shape index (κ2) is 4.56. The Morgan fingerprint density at radius 1 is 1.33 bits per heavy atom. The van der Waals surface area contributed by atoms with Crippen LogP contribution in [0, 0.1) is 0 Å². The summed E-state index contributed by atoms with van der Waals surface area (Å²) in [5.74, 6) is 0.208. The molecule has 0 N–H and O–H groups in total. The molecule has 6 nitrogen and oxygen atoms in total. The van der Waals surface area contributed by atoms with Crippen molar-refractivity contribution in [3.63, 3.8) is 0 Å². The summed E-state index contributed by atoms with van der Waals surface area (Å²) in [6.45, 7) is 5.46. The van der Waals surface area contributed by atoms with E-state index in [4.69, 9.17) is 4.74 Å². The van der Waals surface area contributed by atoms with Crippen LogP contribution in [0.15, 0.2) is 31.0 Å². The second-order valence-electron chi connectivity index (χ2n) is 4.75. The molecule has 2 heterocycles. The highest BCUT2D eigenvalue weighted by molar-refractivity contribution is 5.89. The fourth-order valence-corrected chi connectivity index (χ4v) is 1.31. The number of carbonyl (C=O) groups is 1. The summed E-state index contributed by atoms with van der Waals surface area (Å²) in [7, 11) is 0. The maximum absolute atomic E-state index is 11.8. The van der Waals surface area contributed by atoms with Gasteiger partial charge in [-0.25, -0.2) is 19.4 Å². The van der Waals surface area contributed by atoms with E-state index in [2.05, 4.69) is 15.1 Å². The topological polar surface area (TPSA) is 69.9 Å². The van der Waals surface area contributed by atoms with E-state index in [9.17, 15) is 4.79 Å². The van der Waals surface area contributed by atoms with E-state index in [-0.39, 0.29) is 5.97 Å². The molecule has 0 aliphatic heterocycles. The van der Waals surface area contributed by atoms with Crippen molar-refractivity contribution in [2.75, 3.05) is 0 Å². The number of hydrogen-bond acceptors (Lipinski definition) is 5. The Morgan fingerprint density at radius 3 is 2.61 bits per heavy atom. The largest absolute Gasteiger partial charge is 0.456 e. The molecule has 2 rings (SSSR count). The predicted octanol–water partition coefficient (Wildman–Crippen LogP) is 1.62. The van der Waals surface area contributed by atoms with Gasteiger partial charge in [-0.3, -0.25) is 0 Å². The number of ether oxygens (including phenoxy) is 1. The number of nitrogens with zero attached hydrogens (tertiary/aromatic N) is 4. The zero-order valence-electron chi connectivity index (χ0n) is 10.5. The molecule has 0 aliphatic rings. The van der Waals surface area contributed by atoms with E-state index < -0.39 is 5.60 Å². The van der Waals surface area contributed by atoms with Crippen LogP contribution in [0.4, 0.5) is 0 Å². The summed E-state index contributed by atoms with van der Waals surface area (Å²) in [4.78, 5) is 19.7. The minimum atomic E-state index is -0.512. The molecule has 0 radical (unpaired) electrons. The molecule has 0 unspecified atom stereocenters. The van der Waals surface area contributed by atoms with Crippen molar-refractivity contribution < 1.29 is 9.53 Å². The molecule has 2 aromatic rings.